The number of benzene rings is 2. The summed E-state index contributed by atoms with van der Waals surface area (Å²) in [6.45, 7) is 0. The van der Waals surface area contributed by atoms with Gasteiger partial charge in [-0.3, -0.25) is 0 Å². The van der Waals surface area contributed by atoms with Crippen molar-refractivity contribution in [3.8, 4) is 22.9 Å². The predicted octanol–water partition coefficient (Wildman–Crippen LogP) is 3.16. The molecule has 5 heteroatoms. The molecule has 2 aromatic rings. The molecule has 0 saturated heterocycles. The van der Waals surface area contributed by atoms with Gasteiger partial charge in [0, 0.05) is 5.56 Å². The Kier molecular flexibility index (Phi) is 4.19. The van der Waals surface area contributed by atoms with Gasteiger partial charge in [0.25, 0.3) is 0 Å². The van der Waals surface area contributed by atoms with E-state index in [-0.39, 0.29) is 5.56 Å². The van der Waals surface area contributed by atoms with E-state index in [0.717, 1.165) is 6.07 Å². The minimum atomic E-state index is -0.633. The third-order valence-corrected chi connectivity index (χ3v) is 2.96. The maximum absolute atomic E-state index is 13.7. The summed E-state index contributed by atoms with van der Waals surface area (Å²) in [5.41, 5.74) is 1.47. The molecule has 0 aromatic heterocycles. The van der Waals surface area contributed by atoms with Crippen LogP contribution in [0.4, 0.5) is 4.39 Å². The number of halogens is 1. The summed E-state index contributed by atoms with van der Waals surface area (Å²) in [4.78, 5) is 11.6. The van der Waals surface area contributed by atoms with Crippen molar-refractivity contribution < 1.29 is 18.7 Å². The van der Waals surface area contributed by atoms with Crippen molar-refractivity contribution in [2.75, 3.05) is 14.2 Å². The first kappa shape index (κ1) is 14.5. The van der Waals surface area contributed by atoms with Gasteiger partial charge in [0.15, 0.2) is 0 Å². The highest BCUT2D eigenvalue weighted by Gasteiger charge is 2.13. The van der Waals surface area contributed by atoms with Crippen LogP contribution < -0.4 is 4.74 Å². The Bertz CT molecular complexity index is 735. The summed E-state index contributed by atoms with van der Waals surface area (Å²) in [6.07, 6.45) is 0. The molecule has 0 spiro atoms. The van der Waals surface area contributed by atoms with E-state index < -0.39 is 11.8 Å². The fourth-order valence-corrected chi connectivity index (χ4v) is 1.98. The molecule has 0 radical (unpaired) electrons. The number of carbonyl (C=O) groups excluding carboxylic acids is 1. The van der Waals surface area contributed by atoms with Gasteiger partial charge in [-0.1, -0.05) is 0 Å². The summed E-state index contributed by atoms with van der Waals surface area (Å²) < 4.78 is 23.5. The van der Waals surface area contributed by atoms with Crippen molar-refractivity contribution in [3.63, 3.8) is 0 Å². The largest absolute Gasteiger partial charge is 0.496 e. The van der Waals surface area contributed by atoms with Gasteiger partial charge in [0.1, 0.15) is 11.6 Å². The predicted molar refractivity (Wildman–Crippen MR) is 74.4 cm³/mol. The van der Waals surface area contributed by atoms with Crippen LogP contribution in [0, 0.1) is 17.1 Å². The second-order valence-corrected chi connectivity index (χ2v) is 4.25. The van der Waals surface area contributed by atoms with Crippen molar-refractivity contribution in [3.05, 3.63) is 53.3 Å². The number of esters is 1. The molecule has 0 bridgehead atoms. The van der Waals surface area contributed by atoms with Crippen LogP contribution in [0.1, 0.15) is 15.9 Å². The van der Waals surface area contributed by atoms with Crippen molar-refractivity contribution >= 4 is 5.97 Å². The molecule has 2 aromatic carbocycles. The Morgan fingerprint density at radius 3 is 2.57 bits per heavy atom. The average molecular weight is 285 g/mol. The number of nitrogens with zero attached hydrogens (tertiary/aromatic N) is 1. The third-order valence-electron chi connectivity index (χ3n) is 2.96. The van der Waals surface area contributed by atoms with Crippen LogP contribution in [0.5, 0.6) is 5.75 Å². The van der Waals surface area contributed by atoms with Gasteiger partial charge < -0.3 is 9.47 Å². The van der Waals surface area contributed by atoms with E-state index >= 15 is 0 Å². The van der Waals surface area contributed by atoms with Crippen molar-refractivity contribution in [2.24, 2.45) is 0 Å². The van der Waals surface area contributed by atoms with E-state index in [1.165, 1.54) is 26.4 Å². The molecule has 0 saturated carbocycles. The Morgan fingerprint density at radius 2 is 1.95 bits per heavy atom. The Labute approximate surface area is 121 Å². The monoisotopic (exact) mass is 285 g/mol. The van der Waals surface area contributed by atoms with Crippen LogP contribution in [0.3, 0.4) is 0 Å². The van der Waals surface area contributed by atoms with Gasteiger partial charge in [-0.2, -0.15) is 5.26 Å². The number of hydrogen-bond donors (Lipinski definition) is 0. The first-order valence-corrected chi connectivity index (χ1v) is 6.06. The van der Waals surface area contributed by atoms with Gasteiger partial charge in [0.05, 0.1) is 31.4 Å². The minimum Gasteiger partial charge on any atom is -0.496 e. The Balaban J connectivity index is 2.63. The summed E-state index contributed by atoms with van der Waals surface area (Å²) in [6, 6.07) is 10.7. The standard InChI is InChI=1S/C16H12FNO3/c1-20-15-4-3-10(9-18)5-14(15)11-6-12(16(19)21-2)8-13(17)7-11/h3-8H,1-2H3. The van der Waals surface area contributed by atoms with Crippen molar-refractivity contribution in [1.29, 1.82) is 5.26 Å². The molecule has 2 rings (SSSR count). The van der Waals surface area contributed by atoms with Crippen LogP contribution in [-0.4, -0.2) is 20.2 Å². The zero-order valence-electron chi connectivity index (χ0n) is 11.5. The molecule has 0 fully saturated rings. The first-order valence-electron chi connectivity index (χ1n) is 6.06. The van der Waals surface area contributed by atoms with Gasteiger partial charge in [-0.15, -0.1) is 0 Å². The van der Waals surface area contributed by atoms with Crippen LogP contribution in [0.2, 0.25) is 0 Å². The van der Waals surface area contributed by atoms with Crippen LogP contribution in [-0.2, 0) is 4.74 Å². The lowest BCUT2D eigenvalue weighted by Crippen LogP contribution is -2.02. The van der Waals surface area contributed by atoms with Gasteiger partial charge in [-0.05, 0) is 42.0 Å². The lowest BCUT2D eigenvalue weighted by Gasteiger charge is -2.10. The van der Waals surface area contributed by atoms with Gasteiger partial charge in [-0.25, -0.2) is 9.18 Å². The van der Waals surface area contributed by atoms with E-state index in [2.05, 4.69) is 4.74 Å². The molecule has 0 aliphatic heterocycles. The van der Waals surface area contributed by atoms with Crippen molar-refractivity contribution in [1.82, 2.24) is 0 Å². The molecule has 0 heterocycles. The summed E-state index contributed by atoms with van der Waals surface area (Å²) in [5.74, 6) is -0.723. The smallest absolute Gasteiger partial charge is 0.337 e. The summed E-state index contributed by atoms with van der Waals surface area (Å²) >= 11 is 0. The molecule has 0 atom stereocenters. The molecule has 4 nitrogen and oxygen atoms in total. The quantitative estimate of drug-likeness (QED) is 0.813. The molecule has 0 aliphatic rings. The van der Waals surface area contributed by atoms with Gasteiger partial charge in [0.2, 0.25) is 0 Å². The van der Waals surface area contributed by atoms with Crippen molar-refractivity contribution in [2.45, 2.75) is 0 Å². The number of rotatable bonds is 3. The fraction of sp³-hybridized carbons (Fsp3) is 0.125. The lowest BCUT2D eigenvalue weighted by molar-refractivity contribution is 0.0600. The molecule has 0 aliphatic carbocycles. The highest BCUT2D eigenvalue weighted by molar-refractivity contribution is 5.91. The maximum atomic E-state index is 13.7. The van der Waals surface area contributed by atoms with E-state index in [9.17, 15) is 9.18 Å². The SMILES string of the molecule is COC(=O)c1cc(F)cc(-c2cc(C#N)ccc2OC)c1. The maximum Gasteiger partial charge on any atom is 0.337 e. The normalized spacial score (nSPS) is 9.81. The highest BCUT2D eigenvalue weighted by Crippen LogP contribution is 2.32. The first-order chi connectivity index (χ1) is 10.1. The molecule has 0 N–H and O–H groups in total. The van der Waals surface area contributed by atoms with Crippen LogP contribution in [0.25, 0.3) is 11.1 Å². The van der Waals surface area contributed by atoms with E-state index in [4.69, 9.17) is 10.00 Å². The molecule has 21 heavy (non-hydrogen) atoms. The number of carbonyl (C=O) groups is 1. The third kappa shape index (κ3) is 3.00. The van der Waals surface area contributed by atoms with E-state index in [1.807, 2.05) is 6.07 Å². The molecule has 0 amide bonds. The number of methoxy groups -OCH3 is 2. The van der Waals surface area contributed by atoms with E-state index in [0.29, 0.717) is 22.4 Å². The zero-order valence-corrected chi connectivity index (χ0v) is 11.5. The van der Waals surface area contributed by atoms with Crippen LogP contribution >= 0.6 is 0 Å². The second kappa shape index (κ2) is 6.06. The number of ether oxygens (including phenoxy) is 2. The Morgan fingerprint density at radius 1 is 1.19 bits per heavy atom. The average Bonchev–Trinajstić information content (AvgIpc) is 2.52. The van der Waals surface area contributed by atoms with E-state index in [1.54, 1.807) is 18.2 Å². The topological polar surface area (TPSA) is 59.3 Å². The van der Waals surface area contributed by atoms with Crippen LogP contribution in [0.15, 0.2) is 36.4 Å². The van der Waals surface area contributed by atoms with Gasteiger partial charge >= 0.3 is 5.97 Å². The number of hydrogen-bond acceptors (Lipinski definition) is 4. The fourth-order valence-electron chi connectivity index (χ4n) is 1.98. The lowest BCUT2D eigenvalue weighted by atomic mass is 10.00. The second-order valence-electron chi connectivity index (χ2n) is 4.25. The zero-order chi connectivity index (χ0) is 15.4. The molecular weight excluding hydrogens is 273 g/mol. The minimum absolute atomic E-state index is 0.0944. The molecular formula is C16H12FNO3. The number of nitriles is 1. The molecule has 0 unspecified atom stereocenters. The summed E-state index contributed by atoms with van der Waals surface area (Å²) in [5, 5.41) is 8.97. The highest BCUT2D eigenvalue weighted by atomic mass is 19.1. The Hall–Kier alpha value is -2.87. The molecule has 106 valence electrons. The summed E-state index contributed by atoms with van der Waals surface area (Å²) in [7, 11) is 2.70.